The first-order valence-electron chi connectivity index (χ1n) is 4.06. The van der Waals surface area contributed by atoms with Crippen LogP contribution in [0.4, 0.5) is 13.2 Å². The Morgan fingerprint density at radius 3 is 2.36 bits per heavy atom. The van der Waals surface area contributed by atoms with E-state index in [0.717, 1.165) is 18.9 Å². The lowest BCUT2D eigenvalue weighted by molar-refractivity contribution is -0.0805. The van der Waals surface area contributed by atoms with Crippen LogP contribution in [0, 0.1) is 11.4 Å². The van der Waals surface area contributed by atoms with E-state index in [1.165, 1.54) is 0 Å². The van der Waals surface area contributed by atoms with Gasteiger partial charge in [0.05, 0.1) is 0 Å². The van der Waals surface area contributed by atoms with E-state index in [9.17, 15) is 13.2 Å². The predicted molar refractivity (Wildman–Crippen MR) is 44.3 cm³/mol. The molecule has 0 saturated heterocycles. The van der Waals surface area contributed by atoms with Gasteiger partial charge in [0.15, 0.2) is 0 Å². The van der Waals surface area contributed by atoms with E-state index >= 15 is 0 Å². The van der Waals surface area contributed by atoms with Crippen LogP contribution in [0.1, 0.15) is 12.8 Å². The molecule has 0 radical (unpaired) electrons. The molecule has 78 valence electrons. The summed E-state index contributed by atoms with van der Waals surface area (Å²) in [7, 11) is 0. The molecule has 3 nitrogen and oxygen atoms in total. The topological polar surface area (TPSA) is 62.2 Å². The molecule has 0 aromatic carbocycles. The fourth-order valence-corrected chi connectivity index (χ4v) is 1.09. The Bertz CT molecular complexity index is 287. The van der Waals surface area contributed by atoms with Gasteiger partial charge in [0.1, 0.15) is 5.82 Å². The van der Waals surface area contributed by atoms with Crippen molar-refractivity contribution in [1.29, 1.82) is 5.53 Å². The third kappa shape index (κ3) is 3.59. The van der Waals surface area contributed by atoms with Crippen LogP contribution >= 0.6 is 0 Å². The molecule has 1 fully saturated rings. The molecular formula is C8H10F3N3. The van der Waals surface area contributed by atoms with Gasteiger partial charge >= 0.3 is 6.18 Å². The molecule has 0 spiro atoms. The van der Waals surface area contributed by atoms with Crippen LogP contribution in [0.15, 0.2) is 28.7 Å². The van der Waals surface area contributed by atoms with Crippen LogP contribution in [0.5, 0.6) is 0 Å². The highest BCUT2D eigenvalue weighted by Gasteiger charge is 2.31. The molecule has 0 heterocycles. The molecule has 0 bridgehead atoms. The zero-order chi connectivity index (χ0) is 10.8. The molecule has 0 aromatic heterocycles. The molecule has 0 amide bonds. The maximum atomic E-state index is 12.0. The number of nitrogens with two attached hydrogens (primary N) is 1. The minimum Gasteiger partial charge on any atom is -0.382 e. The van der Waals surface area contributed by atoms with E-state index < -0.39 is 6.18 Å². The minimum atomic E-state index is -4.34. The molecule has 0 aliphatic heterocycles. The molecule has 0 unspecified atom stereocenters. The summed E-state index contributed by atoms with van der Waals surface area (Å²) >= 11 is 0. The molecule has 0 aromatic rings. The largest absolute Gasteiger partial charge is 0.410 e. The van der Waals surface area contributed by atoms with Gasteiger partial charge in [-0.2, -0.15) is 13.2 Å². The van der Waals surface area contributed by atoms with Crippen molar-refractivity contribution < 1.29 is 13.2 Å². The lowest BCUT2D eigenvalue weighted by atomic mass is 10.1. The van der Waals surface area contributed by atoms with Crippen LogP contribution in [0.25, 0.3) is 0 Å². The van der Waals surface area contributed by atoms with Gasteiger partial charge in [-0.15, -0.1) is 5.11 Å². The SMILES string of the molecule is N=N/C(N)=C\C(=C\C(F)(F)F)C1CC1. The zero-order valence-electron chi connectivity index (χ0n) is 7.30. The lowest BCUT2D eigenvalue weighted by Gasteiger charge is -2.03. The van der Waals surface area contributed by atoms with Gasteiger partial charge in [-0.05, 0) is 30.4 Å². The quantitative estimate of drug-likeness (QED) is 0.540. The van der Waals surface area contributed by atoms with Crippen molar-refractivity contribution in [1.82, 2.24) is 0 Å². The van der Waals surface area contributed by atoms with Gasteiger partial charge in [-0.25, -0.2) is 5.53 Å². The highest BCUT2D eigenvalue weighted by molar-refractivity contribution is 5.28. The highest BCUT2D eigenvalue weighted by Crippen LogP contribution is 2.39. The van der Waals surface area contributed by atoms with Gasteiger partial charge < -0.3 is 5.73 Å². The standard InChI is InChI=1S/C8H10F3N3/c9-8(10,11)4-6(5-1-2-5)3-7(12)14-13/h3-5,13H,1-2,12H2/b6-4-,7-3-,14-13?. The number of rotatable bonds is 3. The number of nitrogens with zero attached hydrogens (tertiary/aromatic N) is 1. The van der Waals surface area contributed by atoms with Gasteiger partial charge in [0.2, 0.25) is 0 Å². The normalized spacial score (nSPS) is 19.6. The second-order valence-electron chi connectivity index (χ2n) is 3.14. The van der Waals surface area contributed by atoms with Crippen molar-refractivity contribution in [2.45, 2.75) is 19.0 Å². The zero-order valence-corrected chi connectivity index (χ0v) is 7.30. The van der Waals surface area contributed by atoms with Crippen molar-refractivity contribution in [3.63, 3.8) is 0 Å². The number of nitrogens with one attached hydrogen (secondary N) is 1. The number of halogens is 3. The summed E-state index contributed by atoms with van der Waals surface area (Å²) in [6.07, 6.45) is -1.52. The summed E-state index contributed by atoms with van der Waals surface area (Å²) in [5.41, 5.74) is 11.8. The first-order chi connectivity index (χ1) is 6.42. The Morgan fingerprint density at radius 2 is 2.00 bits per heavy atom. The van der Waals surface area contributed by atoms with Gasteiger partial charge in [-0.1, -0.05) is 0 Å². The minimum absolute atomic E-state index is 0.0723. The van der Waals surface area contributed by atoms with Crippen LogP contribution < -0.4 is 5.73 Å². The summed E-state index contributed by atoms with van der Waals surface area (Å²) in [5.74, 6) is -0.274. The molecule has 0 atom stereocenters. The number of alkyl halides is 3. The average molecular weight is 205 g/mol. The van der Waals surface area contributed by atoms with Crippen molar-refractivity contribution in [3.8, 4) is 0 Å². The second kappa shape index (κ2) is 3.81. The molecule has 1 aliphatic rings. The average Bonchev–Trinajstić information content (AvgIpc) is 2.82. The molecule has 1 rings (SSSR count). The summed E-state index contributed by atoms with van der Waals surface area (Å²) in [6, 6.07) is 0. The van der Waals surface area contributed by atoms with Crippen molar-refractivity contribution in [3.05, 3.63) is 23.5 Å². The first-order valence-corrected chi connectivity index (χ1v) is 4.06. The van der Waals surface area contributed by atoms with E-state index in [0.29, 0.717) is 0 Å². The summed E-state index contributed by atoms with van der Waals surface area (Å²) in [5, 5.41) is 2.85. The molecule has 6 heteroatoms. The lowest BCUT2D eigenvalue weighted by Crippen LogP contribution is -2.04. The third-order valence-electron chi connectivity index (χ3n) is 1.82. The van der Waals surface area contributed by atoms with Crippen LogP contribution in [-0.2, 0) is 0 Å². The molecule has 3 N–H and O–H groups in total. The first kappa shape index (κ1) is 10.7. The molecule has 14 heavy (non-hydrogen) atoms. The highest BCUT2D eigenvalue weighted by atomic mass is 19.4. The van der Waals surface area contributed by atoms with Crippen LogP contribution in [0.2, 0.25) is 0 Å². The van der Waals surface area contributed by atoms with Gasteiger partial charge in [0, 0.05) is 6.08 Å². The van der Waals surface area contributed by atoms with E-state index in [1.807, 2.05) is 0 Å². The molecular weight excluding hydrogens is 195 g/mol. The fourth-order valence-electron chi connectivity index (χ4n) is 1.09. The van der Waals surface area contributed by atoms with E-state index in [2.05, 4.69) is 5.11 Å². The maximum absolute atomic E-state index is 12.0. The fraction of sp³-hybridized carbons (Fsp3) is 0.500. The predicted octanol–water partition coefficient (Wildman–Crippen LogP) is 2.72. The Morgan fingerprint density at radius 1 is 1.43 bits per heavy atom. The van der Waals surface area contributed by atoms with Crippen molar-refractivity contribution in [2.75, 3.05) is 0 Å². The van der Waals surface area contributed by atoms with E-state index in [4.69, 9.17) is 11.3 Å². The number of allylic oxidation sites excluding steroid dienone is 3. The third-order valence-corrected chi connectivity index (χ3v) is 1.82. The Labute approximate surface area is 79.0 Å². The summed E-state index contributed by atoms with van der Waals surface area (Å²) < 4.78 is 36.1. The van der Waals surface area contributed by atoms with Crippen LogP contribution in [0.3, 0.4) is 0 Å². The van der Waals surface area contributed by atoms with Gasteiger partial charge in [0.25, 0.3) is 0 Å². The molecule has 1 aliphatic carbocycles. The summed E-state index contributed by atoms with van der Waals surface area (Å²) in [4.78, 5) is 0. The second-order valence-corrected chi connectivity index (χ2v) is 3.14. The Hall–Kier alpha value is -1.33. The maximum Gasteiger partial charge on any atom is 0.410 e. The smallest absolute Gasteiger partial charge is 0.382 e. The van der Waals surface area contributed by atoms with Crippen LogP contribution in [-0.4, -0.2) is 6.18 Å². The van der Waals surface area contributed by atoms with Crippen molar-refractivity contribution >= 4 is 0 Å². The van der Waals surface area contributed by atoms with E-state index in [-0.39, 0.29) is 23.4 Å². The Balaban J connectivity index is 2.84. The van der Waals surface area contributed by atoms with Gasteiger partial charge in [-0.3, -0.25) is 0 Å². The Kier molecular flexibility index (Phi) is 2.93. The monoisotopic (exact) mass is 205 g/mol. The van der Waals surface area contributed by atoms with Crippen molar-refractivity contribution in [2.24, 2.45) is 16.8 Å². The summed E-state index contributed by atoms with van der Waals surface area (Å²) in [6.45, 7) is 0. The molecule has 1 saturated carbocycles. The van der Waals surface area contributed by atoms with E-state index in [1.54, 1.807) is 0 Å². The number of hydrogen-bond donors (Lipinski definition) is 2. The number of hydrogen-bond acceptors (Lipinski definition) is 3.